The Labute approximate surface area is 147 Å². The predicted octanol–water partition coefficient (Wildman–Crippen LogP) is 1.40. The van der Waals surface area contributed by atoms with E-state index in [1.54, 1.807) is 13.1 Å². The summed E-state index contributed by atoms with van der Waals surface area (Å²) in [5.41, 5.74) is 2.58. The molecule has 3 rings (SSSR count). The molecule has 2 aromatic carbocycles. The van der Waals surface area contributed by atoms with Gasteiger partial charge in [-0.25, -0.2) is 0 Å². The van der Waals surface area contributed by atoms with Crippen LogP contribution in [0.15, 0.2) is 54.6 Å². The van der Waals surface area contributed by atoms with Gasteiger partial charge in [-0.3, -0.25) is 9.59 Å². The number of amides is 2. The van der Waals surface area contributed by atoms with Gasteiger partial charge in [-0.2, -0.15) is 0 Å². The number of rotatable bonds is 5. The van der Waals surface area contributed by atoms with Crippen LogP contribution in [0.1, 0.15) is 21.5 Å². The Bertz CT molecular complexity index is 761. The van der Waals surface area contributed by atoms with Crippen molar-refractivity contribution in [2.75, 3.05) is 13.7 Å². The monoisotopic (exact) mass is 338 g/mol. The van der Waals surface area contributed by atoms with E-state index in [4.69, 9.17) is 0 Å². The minimum atomic E-state index is -0.563. The molecule has 0 unspecified atom stereocenters. The van der Waals surface area contributed by atoms with Gasteiger partial charge in [0.1, 0.15) is 6.04 Å². The summed E-state index contributed by atoms with van der Waals surface area (Å²) in [6.45, 7) is -0.151. The molecular weight excluding hydrogens is 316 g/mol. The Morgan fingerprint density at radius 1 is 1.20 bits per heavy atom. The van der Waals surface area contributed by atoms with Crippen LogP contribution in [0.25, 0.3) is 0 Å². The molecule has 0 fully saturated rings. The first-order valence-electron chi connectivity index (χ1n) is 8.40. The van der Waals surface area contributed by atoms with Crippen molar-refractivity contribution in [3.05, 3.63) is 71.3 Å². The number of fused-ring (bicyclic) bond motifs is 1. The highest BCUT2D eigenvalue weighted by Gasteiger charge is 2.34. The second kappa shape index (κ2) is 7.49. The van der Waals surface area contributed by atoms with E-state index in [1.165, 1.54) is 4.90 Å². The number of carbonyl (C=O) groups is 2. The van der Waals surface area contributed by atoms with Crippen molar-refractivity contribution in [2.45, 2.75) is 24.9 Å². The zero-order valence-electron chi connectivity index (χ0n) is 14.2. The molecule has 1 aliphatic rings. The maximum Gasteiger partial charge on any atom is 0.254 e. The molecule has 130 valence electrons. The average Bonchev–Trinajstić information content (AvgIpc) is 2.64. The fraction of sp³-hybridized carbons (Fsp3) is 0.300. The molecule has 0 aromatic heterocycles. The largest absolute Gasteiger partial charge is 0.394 e. The van der Waals surface area contributed by atoms with Gasteiger partial charge in [0, 0.05) is 19.0 Å². The zero-order valence-corrected chi connectivity index (χ0v) is 14.2. The molecule has 0 spiro atoms. The molecule has 0 saturated carbocycles. The highest BCUT2D eigenvalue weighted by atomic mass is 16.3. The lowest BCUT2D eigenvalue weighted by molar-refractivity contribution is -0.126. The summed E-state index contributed by atoms with van der Waals surface area (Å²) >= 11 is 0. The number of nitrogens with zero attached hydrogens (tertiary/aromatic N) is 1. The Kier molecular flexibility index (Phi) is 5.14. The third kappa shape index (κ3) is 3.72. The van der Waals surface area contributed by atoms with Crippen LogP contribution >= 0.6 is 0 Å². The molecule has 2 amide bonds. The van der Waals surface area contributed by atoms with Crippen molar-refractivity contribution in [1.82, 2.24) is 10.2 Å². The van der Waals surface area contributed by atoms with Crippen LogP contribution in [-0.2, 0) is 17.6 Å². The quantitative estimate of drug-likeness (QED) is 0.866. The first-order chi connectivity index (χ1) is 12.1. The number of hydrogen-bond donors (Lipinski definition) is 2. The minimum Gasteiger partial charge on any atom is -0.394 e. The van der Waals surface area contributed by atoms with Gasteiger partial charge in [-0.1, -0.05) is 48.5 Å². The van der Waals surface area contributed by atoms with Crippen LogP contribution in [0.2, 0.25) is 0 Å². The van der Waals surface area contributed by atoms with Crippen LogP contribution in [0, 0.1) is 0 Å². The first-order valence-corrected chi connectivity index (χ1v) is 8.40. The summed E-state index contributed by atoms with van der Waals surface area (Å²) in [6, 6.07) is 16.1. The van der Waals surface area contributed by atoms with Crippen molar-refractivity contribution in [3.8, 4) is 0 Å². The molecule has 1 aliphatic heterocycles. The van der Waals surface area contributed by atoms with Gasteiger partial charge >= 0.3 is 0 Å². The summed E-state index contributed by atoms with van der Waals surface area (Å²) in [5.74, 6) is -0.383. The normalized spacial score (nSPS) is 17.8. The lowest BCUT2D eigenvalue weighted by Crippen LogP contribution is -2.54. The summed E-state index contributed by atoms with van der Waals surface area (Å²) in [7, 11) is 1.65. The number of nitrogens with one attached hydrogen (secondary N) is 1. The van der Waals surface area contributed by atoms with Crippen LogP contribution in [0.5, 0.6) is 0 Å². The smallest absolute Gasteiger partial charge is 0.254 e. The van der Waals surface area contributed by atoms with Gasteiger partial charge in [0.2, 0.25) is 5.91 Å². The zero-order chi connectivity index (χ0) is 17.8. The Morgan fingerprint density at radius 2 is 1.88 bits per heavy atom. The summed E-state index contributed by atoms with van der Waals surface area (Å²) in [6.07, 6.45) is 1.03. The standard InChI is InChI=1S/C20H22N2O3/c1-22-18(12-15-9-5-6-10-17(15)20(22)25)19(24)21-16(13-23)11-14-7-3-2-4-8-14/h2-10,16,18,23H,11-13H2,1H3,(H,21,24)/t16-,18-/m0/s1. The number of aliphatic hydroxyl groups is 1. The molecule has 2 atom stereocenters. The van der Waals surface area contributed by atoms with Crippen LogP contribution in [-0.4, -0.2) is 47.6 Å². The van der Waals surface area contributed by atoms with Crippen molar-refractivity contribution < 1.29 is 14.7 Å². The maximum atomic E-state index is 12.7. The molecule has 0 saturated heterocycles. The maximum absolute atomic E-state index is 12.7. The summed E-state index contributed by atoms with van der Waals surface area (Å²) < 4.78 is 0. The molecule has 25 heavy (non-hydrogen) atoms. The third-order valence-corrected chi connectivity index (χ3v) is 4.64. The predicted molar refractivity (Wildman–Crippen MR) is 95.2 cm³/mol. The van der Waals surface area contributed by atoms with E-state index in [0.29, 0.717) is 18.4 Å². The molecule has 0 aliphatic carbocycles. The summed E-state index contributed by atoms with van der Waals surface area (Å²) in [5, 5.41) is 12.5. The van der Waals surface area contributed by atoms with E-state index >= 15 is 0 Å². The van der Waals surface area contributed by atoms with E-state index in [1.807, 2.05) is 48.5 Å². The summed E-state index contributed by atoms with van der Waals surface area (Å²) in [4.78, 5) is 26.7. The third-order valence-electron chi connectivity index (χ3n) is 4.64. The van der Waals surface area contributed by atoms with Gasteiger partial charge < -0.3 is 15.3 Å². The topological polar surface area (TPSA) is 69.6 Å². The van der Waals surface area contributed by atoms with Crippen LogP contribution in [0.3, 0.4) is 0 Å². The first kappa shape index (κ1) is 17.2. The van der Waals surface area contributed by atoms with Gasteiger partial charge in [0.15, 0.2) is 0 Å². The van der Waals surface area contributed by atoms with Gasteiger partial charge in [-0.15, -0.1) is 0 Å². The van der Waals surface area contributed by atoms with Gasteiger partial charge in [0.25, 0.3) is 5.91 Å². The van der Waals surface area contributed by atoms with Crippen LogP contribution < -0.4 is 5.32 Å². The van der Waals surface area contributed by atoms with Crippen molar-refractivity contribution >= 4 is 11.8 Å². The number of likely N-dealkylation sites (N-methyl/N-ethyl adjacent to an activating group) is 1. The molecule has 0 radical (unpaired) electrons. The fourth-order valence-corrected chi connectivity index (χ4v) is 3.21. The molecule has 5 heteroatoms. The molecule has 1 heterocycles. The second-order valence-electron chi connectivity index (χ2n) is 6.37. The number of benzene rings is 2. The van der Waals surface area contributed by atoms with E-state index < -0.39 is 6.04 Å². The number of carbonyl (C=O) groups excluding carboxylic acids is 2. The van der Waals surface area contributed by atoms with Gasteiger partial charge in [-0.05, 0) is 23.6 Å². The highest BCUT2D eigenvalue weighted by Crippen LogP contribution is 2.22. The lowest BCUT2D eigenvalue weighted by Gasteiger charge is -2.33. The fourth-order valence-electron chi connectivity index (χ4n) is 3.21. The van der Waals surface area contributed by atoms with Crippen molar-refractivity contribution in [1.29, 1.82) is 0 Å². The number of aliphatic hydroxyl groups excluding tert-OH is 1. The minimum absolute atomic E-state index is 0.148. The molecule has 2 N–H and O–H groups in total. The second-order valence-corrected chi connectivity index (χ2v) is 6.37. The number of hydrogen-bond acceptors (Lipinski definition) is 3. The average molecular weight is 338 g/mol. The Morgan fingerprint density at radius 3 is 2.60 bits per heavy atom. The van der Waals surface area contributed by atoms with E-state index in [0.717, 1.165) is 11.1 Å². The Balaban J connectivity index is 1.71. The molecular formula is C20H22N2O3. The Hall–Kier alpha value is -2.66. The highest BCUT2D eigenvalue weighted by molar-refractivity contribution is 6.00. The SMILES string of the molecule is CN1C(=O)c2ccccc2C[C@H]1C(=O)N[C@H](CO)Cc1ccccc1. The van der Waals surface area contributed by atoms with Crippen molar-refractivity contribution in [2.24, 2.45) is 0 Å². The molecule has 2 aromatic rings. The van der Waals surface area contributed by atoms with E-state index in [2.05, 4.69) is 5.32 Å². The molecule has 0 bridgehead atoms. The molecule has 5 nitrogen and oxygen atoms in total. The van der Waals surface area contributed by atoms with Gasteiger partial charge in [0.05, 0.1) is 12.6 Å². The van der Waals surface area contributed by atoms with E-state index in [9.17, 15) is 14.7 Å². The van der Waals surface area contributed by atoms with Crippen LogP contribution in [0.4, 0.5) is 0 Å². The van der Waals surface area contributed by atoms with Crippen molar-refractivity contribution in [3.63, 3.8) is 0 Å². The van der Waals surface area contributed by atoms with E-state index in [-0.39, 0.29) is 24.5 Å². The lowest BCUT2D eigenvalue weighted by atomic mass is 9.93.